The van der Waals surface area contributed by atoms with Gasteiger partial charge in [-0.3, -0.25) is 0 Å². The molecule has 0 atom stereocenters. The molecule has 1 aliphatic heterocycles. The highest BCUT2D eigenvalue weighted by Crippen LogP contribution is 2.09. The van der Waals surface area contributed by atoms with Crippen molar-refractivity contribution in [3.63, 3.8) is 0 Å². The van der Waals surface area contributed by atoms with Crippen LogP contribution in [0.15, 0.2) is 18.3 Å². The first-order chi connectivity index (χ1) is 6.81. The van der Waals surface area contributed by atoms with Crippen LogP contribution in [0, 0.1) is 0 Å². The van der Waals surface area contributed by atoms with Crippen molar-refractivity contribution in [2.75, 3.05) is 20.2 Å². The number of rotatable bonds is 0. The molecular formula is C10H14N2O2. The smallest absolute Gasteiger partial charge is 0.409 e. The molecule has 0 radical (unpaired) electrons. The first-order valence-electron chi connectivity index (χ1n) is 4.78. The highest BCUT2D eigenvalue weighted by Gasteiger charge is 2.17. The van der Waals surface area contributed by atoms with E-state index >= 15 is 0 Å². The van der Waals surface area contributed by atoms with Crippen molar-refractivity contribution in [2.45, 2.75) is 13.0 Å². The highest BCUT2D eigenvalue weighted by atomic mass is 16.5. The number of hydrogen-bond acceptors (Lipinski definition) is 2. The fourth-order valence-electron chi connectivity index (χ4n) is 1.80. The molecule has 4 nitrogen and oxygen atoms in total. The molecule has 1 aromatic rings. The minimum Gasteiger partial charge on any atom is -0.453 e. The van der Waals surface area contributed by atoms with E-state index in [0.717, 1.165) is 26.1 Å². The van der Waals surface area contributed by atoms with Gasteiger partial charge in [-0.05, 0) is 12.1 Å². The average Bonchev–Trinajstić information content (AvgIpc) is 2.56. The van der Waals surface area contributed by atoms with Gasteiger partial charge in [0.25, 0.3) is 0 Å². The zero-order valence-electron chi connectivity index (χ0n) is 8.27. The summed E-state index contributed by atoms with van der Waals surface area (Å²) in [6.45, 7) is 2.34. The molecule has 14 heavy (non-hydrogen) atoms. The zero-order valence-corrected chi connectivity index (χ0v) is 8.27. The second-order valence-corrected chi connectivity index (χ2v) is 3.40. The van der Waals surface area contributed by atoms with Crippen molar-refractivity contribution in [1.29, 1.82) is 0 Å². The number of amides is 1. The van der Waals surface area contributed by atoms with Crippen LogP contribution < -0.4 is 0 Å². The SMILES string of the molecule is COC(=O)N1CCc2cccn2CC1. The first kappa shape index (κ1) is 9.12. The maximum absolute atomic E-state index is 11.3. The van der Waals surface area contributed by atoms with Crippen LogP contribution in [0.2, 0.25) is 0 Å². The molecule has 76 valence electrons. The Morgan fingerprint density at radius 3 is 3.07 bits per heavy atom. The van der Waals surface area contributed by atoms with Crippen LogP contribution in [-0.4, -0.2) is 35.8 Å². The molecule has 0 unspecified atom stereocenters. The Morgan fingerprint density at radius 1 is 1.43 bits per heavy atom. The lowest BCUT2D eigenvalue weighted by molar-refractivity contribution is 0.124. The van der Waals surface area contributed by atoms with Crippen LogP contribution in [0.3, 0.4) is 0 Å². The molecule has 1 aromatic heterocycles. The van der Waals surface area contributed by atoms with Crippen LogP contribution >= 0.6 is 0 Å². The lowest BCUT2D eigenvalue weighted by Crippen LogP contribution is -2.33. The van der Waals surface area contributed by atoms with Crippen LogP contribution in [0.5, 0.6) is 0 Å². The van der Waals surface area contributed by atoms with Crippen LogP contribution in [0.25, 0.3) is 0 Å². The predicted molar refractivity (Wildman–Crippen MR) is 52.1 cm³/mol. The summed E-state index contributed by atoms with van der Waals surface area (Å²) in [6.07, 6.45) is 2.73. The molecular weight excluding hydrogens is 180 g/mol. The van der Waals surface area contributed by atoms with E-state index in [0.29, 0.717) is 0 Å². The molecule has 0 N–H and O–H groups in total. The maximum Gasteiger partial charge on any atom is 0.409 e. The quantitative estimate of drug-likeness (QED) is 0.620. The fraction of sp³-hybridized carbons (Fsp3) is 0.500. The fourth-order valence-corrected chi connectivity index (χ4v) is 1.80. The van der Waals surface area contributed by atoms with Gasteiger partial charge in [0, 0.05) is 37.9 Å². The monoisotopic (exact) mass is 194 g/mol. The van der Waals surface area contributed by atoms with Crippen molar-refractivity contribution >= 4 is 6.09 Å². The van der Waals surface area contributed by atoms with E-state index in [4.69, 9.17) is 4.74 Å². The summed E-state index contributed by atoms with van der Waals surface area (Å²) >= 11 is 0. The molecule has 0 bridgehead atoms. The summed E-state index contributed by atoms with van der Waals surface area (Å²) in [7, 11) is 1.42. The van der Waals surface area contributed by atoms with Gasteiger partial charge in [-0.15, -0.1) is 0 Å². The zero-order chi connectivity index (χ0) is 9.97. The summed E-state index contributed by atoms with van der Waals surface area (Å²) in [6, 6.07) is 4.14. The van der Waals surface area contributed by atoms with Gasteiger partial charge in [0.2, 0.25) is 0 Å². The van der Waals surface area contributed by atoms with Gasteiger partial charge >= 0.3 is 6.09 Å². The van der Waals surface area contributed by atoms with Crippen LogP contribution in [0.1, 0.15) is 5.69 Å². The number of hydrogen-bond donors (Lipinski definition) is 0. The average molecular weight is 194 g/mol. The summed E-state index contributed by atoms with van der Waals surface area (Å²) in [5.74, 6) is 0. The van der Waals surface area contributed by atoms with E-state index in [1.807, 2.05) is 6.07 Å². The third kappa shape index (κ3) is 1.60. The van der Waals surface area contributed by atoms with Crippen LogP contribution in [-0.2, 0) is 17.7 Å². The second-order valence-electron chi connectivity index (χ2n) is 3.40. The predicted octanol–water partition coefficient (Wildman–Crippen LogP) is 1.11. The minimum absolute atomic E-state index is 0.226. The number of methoxy groups -OCH3 is 1. The molecule has 0 spiro atoms. The van der Waals surface area contributed by atoms with Gasteiger partial charge in [-0.1, -0.05) is 0 Å². The lowest BCUT2D eigenvalue weighted by Gasteiger charge is -2.17. The summed E-state index contributed by atoms with van der Waals surface area (Å²) in [5, 5.41) is 0. The first-order valence-corrected chi connectivity index (χ1v) is 4.78. The van der Waals surface area contributed by atoms with Gasteiger partial charge in [-0.25, -0.2) is 4.79 Å². The Bertz CT molecular complexity index is 310. The second kappa shape index (κ2) is 3.74. The molecule has 2 heterocycles. The summed E-state index contributed by atoms with van der Waals surface area (Å²) in [4.78, 5) is 13.0. The van der Waals surface area contributed by atoms with Gasteiger partial charge in [0.15, 0.2) is 0 Å². The minimum atomic E-state index is -0.226. The Labute approximate surface area is 83.1 Å². The number of aromatic nitrogens is 1. The van der Waals surface area contributed by atoms with E-state index in [1.165, 1.54) is 12.8 Å². The molecule has 0 aliphatic carbocycles. The normalized spacial score (nSPS) is 15.9. The van der Waals surface area contributed by atoms with Gasteiger partial charge < -0.3 is 14.2 Å². The van der Waals surface area contributed by atoms with Gasteiger partial charge in [0.1, 0.15) is 0 Å². The Kier molecular flexibility index (Phi) is 2.43. The molecule has 0 fully saturated rings. The Hall–Kier alpha value is -1.45. The number of fused-ring (bicyclic) bond motifs is 1. The number of carbonyl (C=O) groups excluding carboxylic acids is 1. The molecule has 4 heteroatoms. The van der Waals surface area contributed by atoms with Gasteiger partial charge in [-0.2, -0.15) is 0 Å². The van der Waals surface area contributed by atoms with E-state index in [2.05, 4.69) is 16.8 Å². The van der Waals surface area contributed by atoms with Gasteiger partial charge in [0.05, 0.1) is 7.11 Å². The lowest BCUT2D eigenvalue weighted by atomic mass is 10.3. The Morgan fingerprint density at radius 2 is 2.29 bits per heavy atom. The number of carbonyl (C=O) groups is 1. The van der Waals surface area contributed by atoms with Crippen LogP contribution in [0.4, 0.5) is 4.79 Å². The van der Waals surface area contributed by atoms with E-state index in [-0.39, 0.29) is 6.09 Å². The number of ether oxygens (including phenoxy) is 1. The highest BCUT2D eigenvalue weighted by molar-refractivity contribution is 5.67. The van der Waals surface area contributed by atoms with Crippen molar-refractivity contribution < 1.29 is 9.53 Å². The number of nitrogens with zero attached hydrogens (tertiary/aromatic N) is 2. The molecule has 0 saturated carbocycles. The van der Waals surface area contributed by atoms with Crippen molar-refractivity contribution in [1.82, 2.24) is 9.47 Å². The molecule has 1 amide bonds. The standard InChI is InChI=1S/C10H14N2O2/c1-14-10(13)12-6-4-9-3-2-5-11(9)7-8-12/h2-3,5H,4,6-8H2,1H3. The van der Waals surface area contributed by atoms with E-state index in [9.17, 15) is 4.79 Å². The van der Waals surface area contributed by atoms with Crippen molar-refractivity contribution in [2.24, 2.45) is 0 Å². The maximum atomic E-state index is 11.3. The van der Waals surface area contributed by atoms with Crippen molar-refractivity contribution in [3.05, 3.63) is 24.0 Å². The summed E-state index contributed by atoms with van der Waals surface area (Å²) in [5.41, 5.74) is 1.29. The van der Waals surface area contributed by atoms with E-state index < -0.39 is 0 Å². The molecule has 0 saturated heterocycles. The Balaban J connectivity index is 2.06. The summed E-state index contributed by atoms with van der Waals surface area (Å²) < 4.78 is 6.88. The third-order valence-electron chi connectivity index (χ3n) is 2.61. The molecule has 0 aromatic carbocycles. The largest absolute Gasteiger partial charge is 0.453 e. The van der Waals surface area contributed by atoms with Crippen molar-refractivity contribution in [3.8, 4) is 0 Å². The third-order valence-corrected chi connectivity index (χ3v) is 2.61. The topological polar surface area (TPSA) is 34.5 Å². The molecule has 1 aliphatic rings. The molecule has 2 rings (SSSR count). The van der Waals surface area contributed by atoms with E-state index in [1.54, 1.807) is 4.90 Å².